The molecule has 0 aliphatic carbocycles. The van der Waals surface area contributed by atoms with Gasteiger partial charge in [0.05, 0.1) is 12.7 Å². The van der Waals surface area contributed by atoms with Crippen LogP contribution < -0.4 is 0 Å². The smallest absolute Gasteiger partial charge is 0.337 e. The molecule has 1 N–H and O–H groups in total. The highest BCUT2D eigenvalue weighted by Crippen LogP contribution is 2.29. The molecule has 4 heteroatoms. The Bertz CT molecular complexity index is 593. The number of esters is 1. The van der Waals surface area contributed by atoms with Gasteiger partial charge in [-0.25, -0.2) is 9.18 Å². The van der Waals surface area contributed by atoms with Crippen molar-refractivity contribution in [3.8, 4) is 16.9 Å². The summed E-state index contributed by atoms with van der Waals surface area (Å²) >= 11 is 0. The summed E-state index contributed by atoms with van der Waals surface area (Å²) in [6.45, 7) is 0. The van der Waals surface area contributed by atoms with E-state index in [1.807, 2.05) is 0 Å². The summed E-state index contributed by atoms with van der Waals surface area (Å²) in [5.74, 6) is -1.15. The maximum absolute atomic E-state index is 13.5. The van der Waals surface area contributed by atoms with Crippen LogP contribution in [0.5, 0.6) is 5.75 Å². The number of aromatic hydroxyl groups is 1. The number of benzene rings is 2. The van der Waals surface area contributed by atoms with Gasteiger partial charge in [-0.15, -0.1) is 0 Å². The quantitative estimate of drug-likeness (QED) is 0.828. The van der Waals surface area contributed by atoms with Crippen molar-refractivity contribution in [2.24, 2.45) is 0 Å². The predicted octanol–water partition coefficient (Wildman–Crippen LogP) is 2.98. The van der Waals surface area contributed by atoms with E-state index in [9.17, 15) is 14.3 Å². The number of phenols is 1. The lowest BCUT2D eigenvalue weighted by Crippen LogP contribution is -2.02. The number of para-hydroxylation sites is 1. The van der Waals surface area contributed by atoms with E-state index < -0.39 is 11.8 Å². The third-order valence-electron chi connectivity index (χ3n) is 2.53. The fourth-order valence-corrected chi connectivity index (χ4v) is 1.70. The minimum atomic E-state index is -0.619. The molecule has 2 rings (SSSR count). The first-order chi connectivity index (χ1) is 8.61. The van der Waals surface area contributed by atoms with E-state index >= 15 is 0 Å². The molecule has 0 saturated heterocycles. The molecular formula is C14H11FO3. The Labute approximate surface area is 103 Å². The lowest BCUT2D eigenvalue weighted by Gasteiger charge is -2.07. The average Bonchev–Trinajstić information content (AvgIpc) is 2.37. The Morgan fingerprint density at radius 2 is 1.94 bits per heavy atom. The second-order valence-electron chi connectivity index (χ2n) is 3.74. The van der Waals surface area contributed by atoms with Gasteiger partial charge < -0.3 is 9.84 Å². The van der Waals surface area contributed by atoms with Crippen molar-refractivity contribution < 1.29 is 19.0 Å². The molecule has 0 aliphatic heterocycles. The molecule has 0 fully saturated rings. The molecule has 0 unspecified atom stereocenters. The van der Waals surface area contributed by atoms with Crippen LogP contribution in [0.2, 0.25) is 0 Å². The van der Waals surface area contributed by atoms with E-state index in [1.165, 1.54) is 25.3 Å². The van der Waals surface area contributed by atoms with Crippen molar-refractivity contribution in [2.45, 2.75) is 0 Å². The SMILES string of the molecule is COC(=O)c1cc(F)cc(-c2ccccc2O)c1. The van der Waals surface area contributed by atoms with E-state index in [-0.39, 0.29) is 11.3 Å². The third kappa shape index (κ3) is 2.32. The predicted molar refractivity (Wildman–Crippen MR) is 64.8 cm³/mol. The van der Waals surface area contributed by atoms with Crippen LogP contribution >= 0.6 is 0 Å². The van der Waals surface area contributed by atoms with Crippen molar-refractivity contribution in [1.29, 1.82) is 0 Å². The monoisotopic (exact) mass is 246 g/mol. The Kier molecular flexibility index (Phi) is 3.28. The maximum Gasteiger partial charge on any atom is 0.337 e. The van der Waals surface area contributed by atoms with Crippen molar-refractivity contribution in [3.63, 3.8) is 0 Å². The Hall–Kier alpha value is -2.36. The molecule has 2 aromatic rings. The first-order valence-corrected chi connectivity index (χ1v) is 5.29. The molecule has 0 bridgehead atoms. The van der Waals surface area contributed by atoms with Crippen molar-refractivity contribution in [2.75, 3.05) is 7.11 Å². The fraction of sp³-hybridized carbons (Fsp3) is 0.0714. The van der Waals surface area contributed by atoms with E-state index in [0.29, 0.717) is 11.1 Å². The van der Waals surface area contributed by atoms with Crippen LogP contribution in [0.1, 0.15) is 10.4 Å². The van der Waals surface area contributed by atoms with Gasteiger partial charge in [-0.1, -0.05) is 18.2 Å². The van der Waals surface area contributed by atoms with Gasteiger partial charge >= 0.3 is 5.97 Å². The molecule has 0 amide bonds. The number of methoxy groups -OCH3 is 1. The standard InChI is InChI=1S/C14H11FO3/c1-18-14(17)10-6-9(7-11(15)8-10)12-4-2-3-5-13(12)16/h2-8,16H,1H3. The van der Waals surface area contributed by atoms with Crippen LogP contribution in [-0.4, -0.2) is 18.2 Å². The van der Waals surface area contributed by atoms with Gasteiger partial charge in [-0.2, -0.15) is 0 Å². The molecule has 18 heavy (non-hydrogen) atoms. The van der Waals surface area contributed by atoms with E-state index in [1.54, 1.807) is 18.2 Å². The highest BCUT2D eigenvalue weighted by atomic mass is 19.1. The summed E-state index contributed by atoms with van der Waals surface area (Å²) in [5, 5.41) is 9.70. The van der Waals surface area contributed by atoms with Gasteiger partial charge in [-0.05, 0) is 29.8 Å². The second kappa shape index (κ2) is 4.87. The highest BCUT2D eigenvalue weighted by Gasteiger charge is 2.11. The molecule has 0 saturated carbocycles. The number of hydrogen-bond donors (Lipinski definition) is 1. The molecule has 0 spiro atoms. The van der Waals surface area contributed by atoms with Crippen LogP contribution in [0.15, 0.2) is 42.5 Å². The lowest BCUT2D eigenvalue weighted by molar-refractivity contribution is 0.0600. The first-order valence-electron chi connectivity index (χ1n) is 5.29. The largest absolute Gasteiger partial charge is 0.507 e. The maximum atomic E-state index is 13.5. The van der Waals surface area contributed by atoms with Gasteiger partial charge in [0.15, 0.2) is 0 Å². The summed E-state index contributed by atoms with van der Waals surface area (Å²) in [5.41, 5.74) is 0.992. The van der Waals surface area contributed by atoms with Gasteiger partial charge in [-0.3, -0.25) is 0 Å². The molecule has 0 atom stereocenters. The second-order valence-corrected chi connectivity index (χ2v) is 3.74. The fourth-order valence-electron chi connectivity index (χ4n) is 1.70. The Morgan fingerprint density at radius 3 is 2.61 bits per heavy atom. The van der Waals surface area contributed by atoms with Gasteiger partial charge in [0, 0.05) is 5.56 Å². The number of halogens is 1. The summed E-state index contributed by atoms with van der Waals surface area (Å²) in [7, 11) is 1.23. The molecule has 0 aliphatic rings. The molecule has 2 aromatic carbocycles. The zero-order valence-electron chi connectivity index (χ0n) is 9.68. The topological polar surface area (TPSA) is 46.5 Å². The zero-order valence-corrected chi connectivity index (χ0v) is 9.68. The zero-order chi connectivity index (χ0) is 13.1. The number of phenolic OH excluding ortho intramolecular Hbond substituents is 1. The van der Waals surface area contributed by atoms with E-state index in [0.717, 1.165) is 6.07 Å². The van der Waals surface area contributed by atoms with Crippen LogP contribution in [0.4, 0.5) is 4.39 Å². The molecular weight excluding hydrogens is 235 g/mol. The third-order valence-corrected chi connectivity index (χ3v) is 2.53. The minimum absolute atomic E-state index is 0.0268. The van der Waals surface area contributed by atoms with Gasteiger partial charge in [0.1, 0.15) is 11.6 Å². The van der Waals surface area contributed by atoms with Crippen molar-refractivity contribution >= 4 is 5.97 Å². The number of carbonyl (C=O) groups excluding carboxylic acids is 1. The Balaban J connectivity index is 2.55. The number of ether oxygens (including phenoxy) is 1. The van der Waals surface area contributed by atoms with Gasteiger partial charge in [0.25, 0.3) is 0 Å². The van der Waals surface area contributed by atoms with Crippen LogP contribution in [0.25, 0.3) is 11.1 Å². The molecule has 0 radical (unpaired) electrons. The minimum Gasteiger partial charge on any atom is -0.507 e. The summed E-state index contributed by atoms with van der Waals surface area (Å²) < 4.78 is 18.0. The molecule has 0 heterocycles. The number of hydrogen-bond acceptors (Lipinski definition) is 3. The Morgan fingerprint density at radius 1 is 1.22 bits per heavy atom. The summed E-state index contributed by atoms with van der Waals surface area (Å²) in [4.78, 5) is 11.4. The van der Waals surface area contributed by atoms with E-state index in [2.05, 4.69) is 4.74 Å². The van der Waals surface area contributed by atoms with Crippen LogP contribution in [0.3, 0.4) is 0 Å². The molecule has 3 nitrogen and oxygen atoms in total. The molecule has 0 aromatic heterocycles. The first kappa shape index (κ1) is 12.1. The lowest BCUT2D eigenvalue weighted by atomic mass is 10.0. The van der Waals surface area contributed by atoms with Crippen LogP contribution in [0, 0.1) is 5.82 Å². The number of carbonyl (C=O) groups is 1. The van der Waals surface area contributed by atoms with Crippen LogP contribution in [-0.2, 0) is 4.74 Å². The van der Waals surface area contributed by atoms with Crippen molar-refractivity contribution in [1.82, 2.24) is 0 Å². The number of rotatable bonds is 2. The summed E-state index contributed by atoms with van der Waals surface area (Å²) in [6, 6.07) is 10.3. The van der Waals surface area contributed by atoms with E-state index in [4.69, 9.17) is 0 Å². The normalized spacial score (nSPS) is 10.1. The summed E-state index contributed by atoms with van der Waals surface area (Å²) in [6.07, 6.45) is 0. The molecule has 92 valence electrons. The van der Waals surface area contributed by atoms with Crippen molar-refractivity contribution in [3.05, 3.63) is 53.8 Å². The average molecular weight is 246 g/mol. The van der Waals surface area contributed by atoms with Gasteiger partial charge in [0.2, 0.25) is 0 Å². The highest BCUT2D eigenvalue weighted by molar-refractivity contribution is 5.91.